The largest absolute Gasteiger partial charge is 0.486 e. The summed E-state index contributed by atoms with van der Waals surface area (Å²) in [6.45, 7) is 6.91. The van der Waals surface area contributed by atoms with Gasteiger partial charge in [-0.15, -0.1) is 0 Å². The molecule has 2 aromatic rings. The molecule has 0 unspecified atom stereocenters. The molecule has 0 fully saturated rings. The Morgan fingerprint density at radius 3 is 2.36 bits per heavy atom. The number of carbonyl (C=O) groups excluding carboxylic acids is 2. The molecule has 0 aromatic heterocycles. The van der Waals surface area contributed by atoms with Crippen LogP contribution >= 0.6 is 0 Å². The summed E-state index contributed by atoms with van der Waals surface area (Å²) in [5.74, 6) is 0.286. The second-order valence-corrected chi connectivity index (χ2v) is 7.57. The van der Waals surface area contributed by atoms with E-state index in [1.165, 1.54) is 0 Å². The van der Waals surface area contributed by atoms with Gasteiger partial charge in [-0.05, 0) is 44.5 Å². The van der Waals surface area contributed by atoms with Crippen molar-refractivity contribution < 1.29 is 23.8 Å². The lowest BCUT2D eigenvalue weighted by molar-refractivity contribution is -0.140. The minimum atomic E-state index is -0.570. The van der Waals surface area contributed by atoms with Crippen LogP contribution in [0, 0.1) is 0 Å². The molecule has 0 spiro atoms. The van der Waals surface area contributed by atoms with Crippen LogP contribution in [0.25, 0.3) is 0 Å². The molecule has 28 heavy (non-hydrogen) atoms. The van der Waals surface area contributed by atoms with Gasteiger partial charge in [0.15, 0.2) is 18.1 Å². The number of benzene rings is 2. The van der Waals surface area contributed by atoms with Crippen molar-refractivity contribution in [3.8, 4) is 11.5 Å². The quantitative estimate of drug-likeness (QED) is 0.740. The molecule has 0 atom stereocenters. The lowest BCUT2D eigenvalue weighted by Crippen LogP contribution is -2.46. The minimum Gasteiger partial charge on any atom is -0.486 e. The Bertz CT molecular complexity index is 842. The first-order valence-electron chi connectivity index (χ1n) is 9.26. The van der Waals surface area contributed by atoms with Crippen LogP contribution < -0.4 is 9.47 Å². The first-order valence-corrected chi connectivity index (χ1v) is 9.26. The highest BCUT2D eigenvalue weighted by molar-refractivity contribution is 5.92. The number of hydrogen-bond acceptors (Lipinski definition) is 5. The number of amides is 1. The van der Waals surface area contributed by atoms with E-state index in [0.29, 0.717) is 36.8 Å². The minimum absolute atomic E-state index is 0.248. The van der Waals surface area contributed by atoms with Gasteiger partial charge in [-0.25, -0.2) is 4.79 Å². The molecule has 0 saturated carbocycles. The number of hydrogen-bond donors (Lipinski definition) is 0. The van der Waals surface area contributed by atoms with E-state index in [4.69, 9.17) is 14.2 Å². The molecule has 0 N–H and O–H groups in total. The van der Waals surface area contributed by atoms with Crippen LogP contribution in [0.4, 0.5) is 0 Å². The van der Waals surface area contributed by atoms with Crippen molar-refractivity contribution >= 4 is 11.9 Å². The van der Waals surface area contributed by atoms with Crippen molar-refractivity contribution in [1.82, 2.24) is 4.90 Å². The molecule has 0 radical (unpaired) electrons. The van der Waals surface area contributed by atoms with Gasteiger partial charge in [-0.1, -0.05) is 30.3 Å². The first-order chi connectivity index (χ1) is 13.3. The van der Waals surface area contributed by atoms with Crippen LogP contribution in [0.2, 0.25) is 0 Å². The Morgan fingerprint density at radius 2 is 1.68 bits per heavy atom. The van der Waals surface area contributed by atoms with Crippen LogP contribution in [0.1, 0.15) is 36.7 Å². The Balaban J connectivity index is 1.64. The number of ether oxygens (including phenoxy) is 3. The topological polar surface area (TPSA) is 65.1 Å². The molecule has 1 aliphatic rings. The second-order valence-electron chi connectivity index (χ2n) is 7.57. The lowest BCUT2D eigenvalue weighted by atomic mass is 10.0. The van der Waals surface area contributed by atoms with Crippen molar-refractivity contribution in [2.75, 3.05) is 19.8 Å². The van der Waals surface area contributed by atoms with Gasteiger partial charge in [0, 0.05) is 12.1 Å². The molecular formula is C22H25NO5. The van der Waals surface area contributed by atoms with Crippen molar-refractivity contribution in [2.45, 2.75) is 32.9 Å². The summed E-state index contributed by atoms with van der Waals surface area (Å²) in [5, 5.41) is 0. The zero-order chi connectivity index (χ0) is 20.1. The van der Waals surface area contributed by atoms with E-state index in [0.717, 1.165) is 5.56 Å². The molecule has 6 nitrogen and oxygen atoms in total. The number of rotatable bonds is 5. The second kappa shape index (κ2) is 8.33. The lowest BCUT2D eigenvalue weighted by Gasteiger charge is -2.35. The van der Waals surface area contributed by atoms with E-state index < -0.39 is 11.5 Å². The van der Waals surface area contributed by atoms with Crippen molar-refractivity contribution in [1.29, 1.82) is 0 Å². The van der Waals surface area contributed by atoms with Crippen LogP contribution in [0.3, 0.4) is 0 Å². The molecule has 0 aliphatic carbocycles. The van der Waals surface area contributed by atoms with Gasteiger partial charge in [0.05, 0.1) is 5.56 Å². The fourth-order valence-corrected chi connectivity index (χ4v) is 2.92. The molecule has 3 rings (SSSR count). The molecule has 1 amide bonds. The summed E-state index contributed by atoms with van der Waals surface area (Å²) in [6.07, 6.45) is 0. The monoisotopic (exact) mass is 383 g/mol. The average Bonchev–Trinajstić information content (AvgIpc) is 2.69. The summed E-state index contributed by atoms with van der Waals surface area (Å²) >= 11 is 0. The molecule has 6 heteroatoms. The van der Waals surface area contributed by atoms with E-state index in [1.807, 2.05) is 51.1 Å². The summed E-state index contributed by atoms with van der Waals surface area (Å²) in [7, 11) is 0. The van der Waals surface area contributed by atoms with Crippen LogP contribution in [0.5, 0.6) is 11.5 Å². The summed E-state index contributed by atoms with van der Waals surface area (Å²) in [5.41, 5.74) is 0.933. The molecule has 0 saturated heterocycles. The third-order valence-electron chi connectivity index (χ3n) is 4.40. The Hall–Kier alpha value is -3.02. The predicted octanol–water partition coefficient (Wildman–Crippen LogP) is 3.44. The molecule has 1 aliphatic heterocycles. The summed E-state index contributed by atoms with van der Waals surface area (Å²) < 4.78 is 16.2. The maximum Gasteiger partial charge on any atom is 0.338 e. The first kappa shape index (κ1) is 19.7. The number of fused-ring (bicyclic) bond motifs is 1. The highest BCUT2D eigenvalue weighted by Gasteiger charge is 2.27. The van der Waals surface area contributed by atoms with Gasteiger partial charge in [0.2, 0.25) is 0 Å². The van der Waals surface area contributed by atoms with Crippen LogP contribution in [0.15, 0.2) is 48.5 Å². The van der Waals surface area contributed by atoms with Gasteiger partial charge in [0.25, 0.3) is 5.91 Å². The highest BCUT2D eigenvalue weighted by Crippen LogP contribution is 2.31. The molecule has 2 aromatic carbocycles. The Labute approximate surface area is 165 Å². The number of esters is 1. The average molecular weight is 383 g/mol. The van der Waals surface area contributed by atoms with Crippen LogP contribution in [-0.2, 0) is 16.1 Å². The van der Waals surface area contributed by atoms with Gasteiger partial charge in [-0.3, -0.25) is 4.79 Å². The van der Waals surface area contributed by atoms with Gasteiger partial charge >= 0.3 is 5.97 Å². The number of carbonyl (C=O) groups is 2. The zero-order valence-corrected chi connectivity index (χ0v) is 16.4. The molecule has 1 heterocycles. The van der Waals surface area contributed by atoms with E-state index in [2.05, 4.69) is 0 Å². The maximum atomic E-state index is 12.8. The molecule has 0 bridgehead atoms. The third kappa shape index (κ3) is 4.82. The van der Waals surface area contributed by atoms with E-state index in [9.17, 15) is 9.59 Å². The van der Waals surface area contributed by atoms with E-state index in [-0.39, 0.29) is 12.5 Å². The smallest absolute Gasteiger partial charge is 0.338 e. The van der Waals surface area contributed by atoms with E-state index >= 15 is 0 Å². The molecule has 148 valence electrons. The maximum absolute atomic E-state index is 12.8. The predicted molar refractivity (Wildman–Crippen MR) is 104 cm³/mol. The van der Waals surface area contributed by atoms with Crippen molar-refractivity contribution in [3.63, 3.8) is 0 Å². The fraction of sp³-hybridized carbons (Fsp3) is 0.364. The third-order valence-corrected chi connectivity index (χ3v) is 4.40. The highest BCUT2D eigenvalue weighted by atomic mass is 16.6. The fourth-order valence-electron chi connectivity index (χ4n) is 2.92. The standard InChI is InChI=1S/C22H25NO5/c1-22(2,3)23(14-16-7-5-4-6-8-16)20(24)15-28-21(25)17-9-10-18-19(13-17)27-12-11-26-18/h4-10,13H,11-12,14-15H2,1-3H3. The van der Waals surface area contributed by atoms with Gasteiger partial charge in [-0.2, -0.15) is 0 Å². The number of nitrogens with zero attached hydrogens (tertiary/aromatic N) is 1. The van der Waals surface area contributed by atoms with Crippen molar-refractivity contribution in [3.05, 3.63) is 59.7 Å². The molecular weight excluding hydrogens is 358 g/mol. The normalized spacial score (nSPS) is 13.0. The van der Waals surface area contributed by atoms with Crippen molar-refractivity contribution in [2.24, 2.45) is 0 Å². The van der Waals surface area contributed by atoms with Gasteiger partial charge in [0.1, 0.15) is 13.2 Å². The Morgan fingerprint density at radius 1 is 1.00 bits per heavy atom. The van der Waals surface area contributed by atoms with E-state index in [1.54, 1.807) is 23.1 Å². The summed E-state index contributed by atoms with van der Waals surface area (Å²) in [6, 6.07) is 14.6. The van der Waals surface area contributed by atoms with Gasteiger partial charge < -0.3 is 19.1 Å². The summed E-state index contributed by atoms with van der Waals surface area (Å²) in [4.78, 5) is 26.9. The van der Waals surface area contributed by atoms with Crippen LogP contribution in [-0.4, -0.2) is 42.1 Å². The SMILES string of the molecule is CC(C)(C)N(Cc1ccccc1)C(=O)COC(=O)c1ccc2c(c1)OCCO2. The zero-order valence-electron chi connectivity index (χ0n) is 16.4. The Kier molecular flexibility index (Phi) is 5.87.